The van der Waals surface area contributed by atoms with Crippen LogP contribution in [0.4, 0.5) is 0 Å². The van der Waals surface area contributed by atoms with Crippen LogP contribution < -0.4 is 0 Å². The molecule has 0 aromatic heterocycles. The molecule has 0 bridgehead atoms. The number of hydrogen-bond acceptors (Lipinski definition) is 5. The van der Waals surface area contributed by atoms with Crippen LogP contribution in [-0.4, -0.2) is 43.4 Å². The molecule has 0 aromatic carbocycles. The minimum atomic E-state index is -3.52. The average Bonchev–Trinajstić information content (AvgIpc) is 2.92. The quantitative estimate of drug-likeness (QED) is 0.299. The van der Waals surface area contributed by atoms with E-state index in [4.69, 9.17) is 9.05 Å². The second kappa shape index (κ2) is 8.92. The van der Waals surface area contributed by atoms with Crippen molar-refractivity contribution in [3.63, 3.8) is 0 Å². The third-order valence-corrected chi connectivity index (χ3v) is 8.67. The zero-order valence-corrected chi connectivity index (χ0v) is 19.7. The fourth-order valence-corrected chi connectivity index (χ4v) is 7.98. The molecule has 0 radical (unpaired) electrons. The number of rotatable bonds is 9. The first kappa shape index (κ1) is 23.2. The second-order valence-corrected chi connectivity index (χ2v) is 15.0. The highest BCUT2D eigenvalue weighted by atomic mass is 31.2. The predicted molar refractivity (Wildman–Crippen MR) is 112 cm³/mol. The van der Waals surface area contributed by atoms with Gasteiger partial charge in [-0.25, -0.2) is 0 Å². The first-order valence-corrected chi connectivity index (χ1v) is 14.5. The van der Waals surface area contributed by atoms with E-state index in [9.17, 15) is 9.67 Å². The summed E-state index contributed by atoms with van der Waals surface area (Å²) in [5.74, 6) is 0.133. The van der Waals surface area contributed by atoms with Gasteiger partial charge in [-0.15, -0.1) is 0 Å². The Morgan fingerprint density at radius 2 is 1.54 bits per heavy atom. The van der Waals surface area contributed by atoms with Crippen molar-refractivity contribution >= 4 is 15.7 Å². The summed E-state index contributed by atoms with van der Waals surface area (Å²) in [6.07, 6.45) is 3.84. The molecule has 1 rings (SSSR count). The monoisotopic (exact) mass is 401 g/mol. The lowest BCUT2D eigenvalue weighted by Gasteiger charge is -2.33. The van der Waals surface area contributed by atoms with Crippen molar-refractivity contribution in [1.82, 2.24) is 4.90 Å². The molecule has 0 fully saturated rings. The van der Waals surface area contributed by atoms with Crippen LogP contribution in [0.1, 0.15) is 41.5 Å². The van der Waals surface area contributed by atoms with Crippen LogP contribution in [0.3, 0.4) is 0 Å². The van der Waals surface area contributed by atoms with Gasteiger partial charge in [0.2, 0.25) is 0 Å². The molecule has 0 spiro atoms. The van der Waals surface area contributed by atoms with Crippen LogP contribution in [0.25, 0.3) is 0 Å². The minimum absolute atomic E-state index is 0.103. The number of hydrogen-bond donors (Lipinski definition) is 1. The van der Waals surface area contributed by atoms with Gasteiger partial charge in [0.15, 0.2) is 5.88 Å². The molecule has 1 aliphatic rings. The van der Waals surface area contributed by atoms with E-state index >= 15 is 0 Å². The summed E-state index contributed by atoms with van der Waals surface area (Å²) < 4.78 is 25.0. The van der Waals surface area contributed by atoms with Gasteiger partial charge in [-0.2, -0.15) is 0 Å². The van der Waals surface area contributed by atoms with Crippen molar-refractivity contribution in [3.8, 4) is 0 Å². The van der Waals surface area contributed by atoms with E-state index < -0.39 is 15.7 Å². The Bertz CT molecular complexity index is 626. The van der Waals surface area contributed by atoms with Crippen LogP contribution >= 0.6 is 7.60 Å². The number of nitrogens with zero attached hydrogens (tertiary/aromatic N) is 1. The highest BCUT2D eigenvalue weighted by molar-refractivity contribution is 7.59. The Hall–Kier alpha value is -0.813. The summed E-state index contributed by atoms with van der Waals surface area (Å²) in [6.45, 7) is 18.9. The molecule has 0 aliphatic heterocycles. The van der Waals surface area contributed by atoms with Crippen molar-refractivity contribution in [3.05, 3.63) is 34.1 Å². The predicted octanol–water partition coefficient (Wildman–Crippen LogP) is 5.84. The Labute approximate surface area is 160 Å². The molecule has 0 atom stereocenters. The SMILES string of the molecule is CCOP(=O)(OCC)C1=C([Si](C)(C)C)C=C/C1=C(/O)N(C(C)C)C(C)C. The molecule has 5 nitrogen and oxygen atoms in total. The van der Waals surface area contributed by atoms with E-state index in [1.165, 1.54) is 0 Å². The van der Waals surface area contributed by atoms with E-state index in [-0.39, 0.29) is 31.2 Å². The Morgan fingerprint density at radius 3 is 1.88 bits per heavy atom. The number of aliphatic hydroxyl groups is 1. The van der Waals surface area contributed by atoms with Crippen molar-refractivity contribution in [2.75, 3.05) is 13.2 Å². The summed E-state index contributed by atoms with van der Waals surface area (Å²) >= 11 is 0. The van der Waals surface area contributed by atoms with E-state index in [2.05, 4.69) is 19.6 Å². The van der Waals surface area contributed by atoms with Crippen molar-refractivity contribution in [1.29, 1.82) is 0 Å². The van der Waals surface area contributed by atoms with E-state index in [0.717, 1.165) is 5.20 Å². The largest absolute Gasteiger partial charge is 0.494 e. The summed E-state index contributed by atoms with van der Waals surface area (Å²) in [4.78, 5) is 1.93. The second-order valence-electron chi connectivity index (χ2n) is 8.01. The maximum atomic E-state index is 13.7. The molecular formula is C19H36NO4PSi. The highest BCUT2D eigenvalue weighted by Gasteiger charge is 2.41. The molecule has 0 unspecified atom stereocenters. The van der Waals surface area contributed by atoms with Gasteiger partial charge < -0.3 is 19.1 Å². The van der Waals surface area contributed by atoms with Crippen LogP contribution in [0, 0.1) is 0 Å². The van der Waals surface area contributed by atoms with Gasteiger partial charge in [0.05, 0.1) is 26.6 Å². The molecule has 1 N–H and O–H groups in total. The van der Waals surface area contributed by atoms with Crippen LogP contribution in [0.15, 0.2) is 34.1 Å². The summed E-state index contributed by atoms with van der Waals surface area (Å²) in [5.41, 5.74) is 0.565. The van der Waals surface area contributed by atoms with Gasteiger partial charge in [-0.1, -0.05) is 25.7 Å². The lowest BCUT2D eigenvalue weighted by molar-refractivity contribution is 0.132. The molecule has 0 saturated carbocycles. The fourth-order valence-electron chi connectivity index (χ4n) is 3.28. The van der Waals surface area contributed by atoms with Crippen molar-refractivity contribution < 1.29 is 18.7 Å². The first-order chi connectivity index (χ1) is 11.9. The Kier molecular flexibility index (Phi) is 7.97. The molecule has 7 heteroatoms. The van der Waals surface area contributed by atoms with Crippen LogP contribution in [-0.2, 0) is 13.6 Å². The van der Waals surface area contributed by atoms with Gasteiger partial charge in [0.1, 0.15) is 0 Å². The van der Waals surface area contributed by atoms with E-state index in [1.54, 1.807) is 13.8 Å². The molecule has 0 heterocycles. The summed E-state index contributed by atoms with van der Waals surface area (Å²) in [6, 6.07) is 0.207. The third-order valence-electron chi connectivity index (χ3n) is 4.21. The van der Waals surface area contributed by atoms with Crippen LogP contribution in [0.2, 0.25) is 19.6 Å². The number of aliphatic hydroxyl groups excluding tert-OH is 1. The van der Waals surface area contributed by atoms with Crippen LogP contribution in [0.5, 0.6) is 0 Å². The average molecular weight is 402 g/mol. The molecule has 0 aromatic rings. The van der Waals surface area contributed by atoms with E-state index in [0.29, 0.717) is 10.9 Å². The van der Waals surface area contributed by atoms with Crippen molar-refractivity contribution in [2.24, 2.45) is 0 Å². The lowest BCUT2D eigenvalue weighted by atomic mass is 10.2. The molecular weight excluding hydrogens is 365 g/mol. The molecule has 0 amide bonds. The minimum Gasteiger partial charge on any atom is -0.494 e. The van der Waals surface area contributed by atoms with Gasteiger partial charge in [-0.3, -0.25) is 4.57 Å². The van der Waals surface area contributed by atoms with Crippen molar-refractivity contribution in [2.45, 2.75) is 73.3 Å². The standard InChI is InChI=1S/C19H36NO4PSi/c1-10-23-25(22,24-11-2)18-16(12-13-17(18)26(7,8)9)19(21)20(14(3)4)15(5)6/h12-15,21H,10-11H2,1-9H3/b19-16-. The number of allylic oxidation sites excluding steroid dienone is 5. The Morgan fingerprint density at radius 1 is 1.08 bits per heavy atom. The van der Waals surface area contributed by atoms with Gasteiger partial charge >= 0.3 is 7.60 Å². The first-order valence-electron chi connectivity index (χ1n) is 9.45. The van der Waals surface area contributed by atoms with Gasteiger partial charge in [0.25, 0.3) is 0 Å². The molecule has 150 valence electrons. The molecule has 26 heavy (non-hydrogen) atoms. The Balaban J connectivity index is 3.73. The summed E-state index contributed by atoms with van der Waals surface area (Å²) in [7, 11) is -5.36. The van der Waals surface area contributed by atoms with Gasteiger partial charge in [0, 0.05) is 17.7 Å². The maximum absolute atomic E-state index is 13.7. The smallest absolute Gasteiger partial charge is 0.362 e. The van der Waals surface area contributed by atoms with E-state index in [1.807, 2.05) is 44.7 Å². The summed E-state index contributed by atoms with van der Waals surface area (Å²) in [5, 5.41) is 12.7. The highest BCUT2D eigenvalue weighted by Crippen LogP contribution is 2.62. The lowest BCUT2D eigenvalue weighted by Crippen LogP contribution is -2.37. The zero-order chi connectivity index (χ0) is 20.3. The normalized spacial score (nSPS) is 17.7. The topological polar surface area (TPSA) is 59.0 Å². The maximum Gasteiger partial charge on any atom is 0.362 e. The molecule has 1 aliphatic carbocycles. The fraction of sp³-hybridized carbons (Fsp3) is 0.684. The third kappa shape index (κ3) is 4.92. The zero-order valence-electron chi connectivity index (χ0n) is 17.8. The molecule has 0 saturated heterocycles. The van der Waals surface area contributed by atoms with Gasteiger partial charge in [-0.05, 0) is 52.8 Å².